The summed E-state index contributed by atoms with van der Waals surface area (Å²) in [6, 6.07) is 1.70. The molecule has 1 fully saturated rings. The normalized spacial score (nSPS) is 16.8. The number of hydrogen-bond donors (Lipinski definition) is 3. The van der Waals surface area contributed by atoms with Crippen LogP contribution in [0.1, 0.15) is 18.4 Å². The predicted molar refractivity (Wildman–Crippen MR) is 102 cm³/mol. The maximum Gasteiger partial charge on any atom is 0.162 e. The van der Waals surface area contributed by atoms with Crippen LogP contribution in [0.25, 0.3) is 16.8 Å². The molecule has 8 nitrogen and oxygen atoms in total. The standard InChI is InChI=1S/C13H12ClN5O.C5H10O2/c14-11-6-16-12(15)3-9(11)10-5-18-19-7-8(1-2-20)4-17-13(10)19;6-5-2-1-3-7-4-5/h3-7,20H,1-2H2,(H2,15,16);5-6H,1-4H2. The molecule has 3 aromatic heterocycles. The molecule has 144 valence electrons. The third-order valence-corrected chi connectivity index (χ3v) is 4.41. The van der Waals surface area contributed by atoms with E-state index in [1.165, 1.54) is 6.20 Å². The van der Waals surface area contributed by atoms with Crippen molar-refractivity contribution >= 4 is 23.1 Å². The van der Waals surface area contributed by atoms with Crippen LogP contribution in [0.3, 0.4) is 0 Å². The fourth-order valence-electron chi connectivity index (χ4n) is 2.75. The highest BCUT2D eigenvalue weighted by Gasteiger charge is 2.12. The zero-order valence-electron chi connectivity index (χ0n) is 14.8. The molecule has 27 heavy (non-hydrogen) atoms. The first-order valence-electron chi connectivity index (χ1n) is 8.69. The van der Waals surface area contributed by atoms with Gasteiger partial charge in [0.2, 0.25) is 0 Å². The van der Waals surface area contributed by atoms with E-state index in [-0.39, 0.29) is 12.7 Å². The van der Waals surface area contributed by atoms with Gasteiger partial charge in [-0.2, -0.15) is 5.10 Å². The molecule has 4 N–H and O–H groups in total. The largest absolute Gasteiger partial charge is 0.396 e. The first kappa shape index (κ1) is 19.5. The molecule has 1 aliphatic rings. The monoisotopic (exact) mass is 391 g/mol. The van der Waals surface area contributed by atoms with E-state index in [1.54, 1.807) is 23.0 Å². The Labute approximate surface area is 161 Å². The average Bonchev–Trinajstić information content (AvgIpc) is 3.08. The number of pyridine rings is 1. The number of hydrogen-bond acceptors (Lipinski definition) is 7. The minimum atomic E-state index is -0.186. The van der Waals surface area contributed by atoms with Gasteiger partial charge in [0, 0.05) is 42.9 Å². The molecule has 0 saturated carbocycles. The molecule has 4 heterocycles. The van der Waals surface area contributed by atoms with Crippen molar-refractivity contribution in [3.63, 3.8) is 0 Å². The van der Waals surface area contributed by atoms with Crippen LogP contribution in [-0.2, 0) is 11.2 Å². The third kappa shape index (κ3) is 4.92. The Morgan fingerprint density at radius 3 is 2.78 bits per heavy atom. The van der Waals surface area contributed by atoms with Crippen LogP contribution in [0.5, 0.6) is 0 Å². The van der Waals surface area contributed by atoms with Crippen LogP contribution in [0, 0.1) is 0 Å². The fraction of sp³-hybridized carbons (Fsp3) is 0.389. The second kappa shape index (κ2) is 9.09. The molecule has 4 rings (SSSR count). The van der Waals surface area contributed by atoms with Crippen molar-refractivity contribution < 1.29 is 14.9 Å². The summed E-state index contributed by atoms with van der Waals surface area (Å²) >= 11 is 6.15. The van der Waals surface area contributed by atoms with Crippen LogP contribution < -0.4 is 5.73 Å². The number of halogens is 1. The van der Waals surface area contributed by atoms with E-state index < -0.39 is 0 Å². The first-order valence-corrected chi connectivity index (χ1v) is 9.06. The molecule has 0 spiro atoms. The van der Waals surface area contributed by atoms with Crippen molar-refractivity contribution in [2.45, 2.75) is 25.4 Å². The van der Waals surface area contributed by atoms with Crippen molar-refractivity contribution in [2.75, 3.05) is 25.6 Å². The second-order valence-electron chi connectivity index (χ2n) is 6.22. The summed E-state index contributed by atoms with van der Waals surface area (Å²) in [5.74, 6) is 0.389. The number of nitrogens with zero attached hydrogens (tertiary/aromatic N) is 4. The number of aliphatic hydroxyl groups is 2. The molecular weight excluding hydrogens is 370 g/mol. The Morgan fingerprint density at radius 1 is 1.26 bits per heavy atom. The Bertz CT molecular complexity index is 896. The van der Waals surface area contributed by atoms with E-state index in [0.717, 1.165) is 36.1 Å². The molecule has 3 aromatic rings. The van der Waals surface area contributed by atoms with Crippen LogP contribution >= 0.6 is 11.6 Å². The molecule has 1 atom stereocenters. The van der Waals surface area contributed by atoms with Gasteiger partial charge in [0.1, 0.15) is 5.82 Å². The van der Waals surface area contributed by atoms with Crippen LogP contribution in [0.15, 0.2) is 30.9 Å². The third-order valence-electron chi connectivity index (χ3n) is 4.11. The number of aromatic nitrogens is 4. The molecule has 1 saturated heterocycles. The lowest BCUT2D eigenvalue weighted by atomic mass is 10.1. The molecular formula is C18H22ClN5O3. The van der Waals surface area contributed by atoms with Gasteiger partial charge in [0.25, 0.3) is 0 Å². The average molecular weight is 392 g/mol. The number of fused-ring (bicyclic) bond motifs is 1. The predicted octanol–water partition coefficient (Wildman–Crippen LogP) is 1.72. The SMILES string of the molecule is Nc1cc(-c2cnn3cc(CCO)cnc23)c(Cl)cn1.OC1CCCOC1. The Kier molecular flexibility index (Phi) is 6.57. The van der Waals surface area contributed by atoms with E-state index in [0.29, 0.717) is 29.5 Å². The molecule has 0 amide bonds. The van der Waals surface area contributed by atoms with Crippen LogP contribution in [0.4, 0.5) is 5.82 Å². The van der Waals surface area contributed by atoms with Crippen molar-refractivity contribution in [3.8, 4) is 11.1 Å². The van der Waals surface area contributed by atoms with Gasteiger partial charge in [0.15, 0.2) is 5.65 Å². The highest BCUT2D eigenvalue weighted by molar-refractivity contribution is 6.33. The number of aliphatic hydroxyl groups excluding tert-OH is 2. The number of anilines is 1. The zero-order chi connectivity index (χ0) is 19.2. The molecule has 0 aliphatic carbocycles. The molecule has 9 heteroatoms. The summed E-state index contributed by atoms with van der Waals surface area (Å²) < 4.78 is 6.59. The molecule has 1 aliphatic heterocycles. The van der Waals surface area contributed by atoms with Crippen LogP contribution in [0.2, 0.25) is 5.02 Å². The number of nitrogens with two attached hydrogens (primary N) is 1. The van der Waals surface area contributed by atoms with Gasteiger partial charge in [-0.3, -0.25) is 0 Å². The van der Waals surface area contributed by atoms with Gasteiger partial charge in [-0.1, -0.05) is 11.6 Å². The minimum absolute atomic E-state index is 0.0774. The van der Waals surface area contributed by atoms with E-state index in [2.05, 4.69) is 15.1 Å². The number of rotatable bonds is 3. The summed E-state index contributed by atoms with van der Waals surface area (Å²) in [7, 11) is 0. The summed E-state index contributed by atoms with van der Waals surface area (Å²) in [6.07, 6.45) is 9.04. The van der Waals surface area contributed by atoms with Crippen molar-refractivity contribution in [3.05, 3.63) is 41.4 Å². The van der Waals surface area contributed by atoms with Crippen molar-refractivity contribution in [1.29, 1.82) is 0 Å². The van der Waals surface area contributed by atoms with Gasteiger partial charge in [-0.25, -0.2) is 14.5 Å². The first-order chi connectivity index (χ1) is 13.1. The van der Waals surface area contributed by atoms with Crippen LogP contribution in [-0.4, -0.2) is 55.7 Å². The smallest absolute Gasteiger partial charge is 0.162 e. The Balaban J connectivity index is 0.000000253. The maximum atomic E-state index is 8.95. The van der Waals surface area contributed by atoms with E-state index >= 15 is 0 Å². The Morgan fingerprint density at radius 2 is 2.11 bits per heavy atom. The molecule has 0 bridgehead atoms. The highest BCUT2D eigenvalue weighted by Crippen LogP contribution is 2.30. The lowest BCUT2D eigenvalue weighted by Crippen LogP contribution is -2.21. The fourth-order valence-corrected chi connectivity index (χ4v) is 2.95. The number of nitrogen functional groups attached to an aromatic ring is 1. The molecule has 0 radical (unpaired) electrons. The van der Waals surface area contributed by atoms with E-state index in [1.807, 2.05) is 6.20 Å². The van der Waals surface area contributed by atoms with Gasteiger partial charge in [-0.05, 0) is 30.9 Å². The summed E-state index contributed by atoms with van der Waals surface area (Å²) in [5.41, 5.74) is 8.83. The topological polar surface area (TPSA) is 119 Å². The van der Waals surface area contributed by atoms with Gasteiger partial charge in [-0.15, -0.1) is 0 Å². The van der Waals surface area contributed by atoms with Gasteiger partial charge >= 0.3 is 0 Å². The molecule has 0 aromatic carbocycles. The van der Waals surface area contributed by atoms with Crippen molar-refractivity contribution in [1.82, 2.24) is 19.6 Å². The summed E-state index contributed by atoms with van der Waals surface area (Å²) in [4.78, 5) is 8.31. The lowest BCUT2D eigenvalue weighted by molar-refractivity contribution is -0.00535. The second-order valence-corrected chi connectivity index (χ2v) is 6.63. The van der Waals surface area contributed by atoms with E-state index in [4.69, 9.17) is 32.3 Å². The lowest BCUT2D eigenvalue weighted by Gasteiger charge is -2.15. The quantitative estimate of drug-likeness (QED) is 0.621. The van der Waals surface area contributed by atoms with E-state index in [9.17, 15) is 0 Å². The van der Waals surface area contributed by atoms with Gasteiger partial charge in [0.05, 0.1) is 23.9 Å². The highest BCUT2D eigenvalue weighted by atomic mass is 35.5. The van der Waals surface area contributed by atoms with Crippen molar-refractivity contribution in [2.24, 2.45) is 0 Å². The minimum Gasteiger partial charge on any atom is -0.396 e. The van der Waals surface area contributed by atoms with Gasteiger partial charge < -0.3 is 20.7 Å². The summed E-state index contributed by atoms with van der Waals surface area (Å²) in [6.45, 7) is 1.45. The number of ether oxygens (including phenoxy) is 1. The zero-order valence-corrected chi connectivity index (χ0v) is 15.5. The summed E-state index contributed by atoms with van der Waals surface area (Å²) in [5, 5.41) is 22.5. The maximum absolute atomic E-state index is 8.95. The molecule has 1 unspecified atom stereocenters. The Hall–Kier alpha value is -2.26.